The van der Waals surface area contributed by atoms with E-state index in [2.05, 4.69) is 0 Å². The summed E-state index contributed by atoms with van der Waals surface area (Å²) >= 11 is 0. The summed E-state index contributed by atoms with van der Waals surface area (Å²) in [4.78, 5) is 52.6. The Balaban J connectivity index is 1.51. The lowest BCUT2D eigenvalue weighted by Crippen LogP contribution is -2.70. The zero-order chi connectivity index (χ0) is 32.5. The molecule has 1 unspecified atom stereocenters. The van der Waals surface area contributed by atoms with Crippen LogP contribution < -0.4 is 0 Å². The van der Waals surface area contributed by atoms with Gasteiger partial charge in [-0.25, -0.2) is 19.2 Å². The van der Waals surface area contributed by atoms with Gasteiger partial charge < -0.3 is 33.5 Å². The van der Waals surface area contributed by atoms with Gasteiger partial charge in [-0.2, -0.15) is 0 Å². The third-order valence-electron chi connectivity index (χ3n) is 7.14. The molecule has 0 radical (unpaired) electrons. The smallest absolute Gasteiger partial charge is 0.340 e. The van der Waals surface area contributed by atoms with Crippen LogP contribution in [0.2, 0.25) is 0 Å². The fourth-order valence-electron chi connectivity index (χ4n) is 4.77. The van der Waals surface area contributed by atoms with Gasteiger partial charge >= 0.3 is 23.9 Å². The van der Waals surface area contributed by atoms with Crippen molar-refractivity contribution in [3.8, 4) is 0 Å². The summed E-state index contributed by atoms with van der Waals surface area (Å²) < 4.78 is 34.1. The molecule has 0 aromatic heterocycles. The third-order valence-corrected chi connectivity index (χ3v) is 7.14. The minimum atomic E-state index is -2.68. The molecule has 1 N–H and O–H groups in total. The van der Waals surface area contributed by atoms with Crippen LogP contribution in [0.3, 0.4) is 0 Å². The average Bonchev–Trinajstić information content (AvgIpc) is 3.11. The molecule has 1 aliphatic rings. The molecule has 11 heteroatoms. The number of hydrogen-bond donors (Lipinski definition) is 1. The molecular formula is C35H30O11. The Kier molecular flexibility index (Phi) is 10.2. The van der Waals surface area contributed by atoms with Gasteiger partial charge in [0.15, 0.2) is 6.10 Å². The van der Waals surface area contributed by atoms with Crippen LogP contribution in [-0.4, -0.2) is 73.1 Å². The van der Waals surface area contributed by atoms with Crippen LogP contribution in [0, 0.1) is 0 Å². The number of methoxy groups -OCH3 is 1. The predicted molar refractivity (Wildman–Crippen MR) is 160 cm³/mol. The molecule has 1 aliphatic heterocycles. The monoisotopic (exact) mass is 626 g/mol. The van der Waals surface area contributed by atoms with E-state index in [0.717, 1.165) is 7.11 Å². The summed E-state index contributed by atoms with van der Waals surface area (Å²) in [7, 11) is 1.08. The Morgan fingerprint density at radius 2 is 0.957 bits per heavy atom. The van der Waals surface area contributed by atoms with Gasteiger partial charge in [0, 0.05) is 7.11 Å². The zero-order valence-electron chi connectivity index (χ0n) is 24.6. The molecule has 11 nitrogen and oxygen atoms in total. The number of aliphatic hydroxyl groups is 1. The second-order valence-electron chi connectivity index (χ2n) is 10.1. The number of benzene rings is 4. The second kappa shape index (κ2) is 14.6. The standard InChI is InChI=1S/C35H30O11/c1-41-35(40)28(44-31(37)24-16-8-3-9-17-24)27(22-42-30(36)23-14-6-2-7-15-23)43-34(46-33(39)26-20-12-5-13-21-26)29(35)45-32(38)25-18-10-4-11-19-25/h2-21,27-29,34,40H,22H2,1H3/t27-,28-,29+,34?,35-/m1/s1. The molecule has 4 aromatic rings. The Morgan fingerprint density at radius 1 is 0.587 bits per heavy atom. The van der Waals surface area contributed by atoms with Gasteiger partial charge in [-0.3, -0.25) is 0 Å². The van der Waals surface area contributed by atoms with Gasteiger partial charge in [0.05, 0.1) is 22.3 Å². The number of hydrogen-bond acceptors (Lipinski definition) is 11. The summed E-state index contributed by atoms with van der Waals surface area (Å²) in [6, 6.07) is 31.7. The van der Waals surface area contributed by atoms with Gasteiger partial charge in [0.25, 0.3) is 5.79 Å². The highest BCUT2D eigenvalue weighted by molar-refractivity contribution is 5.91. The first-order valence-corrected chi connectivity index (χ1v) is 14.2. The van der Waals surface area contributed by atoms with Crippen molar-refractivity contribution in [3.63, 3.8) is 0 Å². The maximum absolute atomic E-state index is 13.3. The van der Waals surface area contributed by atoms with Crippen molar-refractivity contribution < 1.29 is 52.7 Å². The van der Waals surface area contributed by atoms with Crippen LogP contribution in [0.15, 0.2) is 121 Å². The van der Waals surface area contributed by atoms with Crippen LogP contribution >= 0.6 is 0 Å². The maximum Gasteiger partial charge on any atom is 0.340 e. The molecule has 5 atom stereocenters. The SMILES string of the molecule is CO[C@]1(O)[C@H](OC(=O)c2ccccc2)[C@@H](COC(=O)c2ccccc2)OC(OC(=O)c2ccccc2)[C@@H]1OC(=O)c1ccccc1. The quantitative estimate of drug-likeness (QED) is 0.154. The molecule has 1 saturated heterocycles. The summed E-state index contributed by atoms with van der Waals surface area (Å²) in [5, 5.41) is 12.1. The molecule has 4 aromatic carbocycles. The summed E-state index contributed by atoms with van der Waals surface area (Å²) in [6.07, 6.45) is -6.97. The first kappa shape index (κ1) is 32.0. The van der Waals surface area contributed by atoms with Crippen LogP contribution in [0.25, 0.3) is 0 Å². The Labute approximate surface area is 264 Å². The van der Waals surface area contributed by atoms with E-state index in [1.54, 1.807) is 72.8 Å². The molecule has 0 bridgehead atoms. The van der Waals surface area contributed by atoms with Crippen molar-refractivity contribution in [2.24, 2.45) is 0 Å². The third kappa shape index (κ3) is 7.29. The van der Waals surface area contributed by atoms with Crippen molar-refractivity contribution in [2.45, 2.75) is 30.4 Å². The van der Waals surface area contributed by atoms with E-state index in [1.165, 1.54) is 48.5 Å². The number of carbonyl (C=O) groups is 4. The van der Waals surface area contributed by atoms with Gasteiger partial charge in [-0.1, -0.05) is 72.8 Å². The van der Waals surface area contributed by atoms with Crippen molar-refractivity contribution in [1.82, 2.24) is 0 Å². The molecule has 0 saturated carbocycles. The van der Waals surface area contributed by atoms with Crippen molar-refractivity contribution >= 4 is 23.9 Å². The zero-order valence-corrected chi connectivity index (χ0v) is 24.6. The normalized spacial score (nSPS) is 22.2. The van der Waals surface area contributed by atoms with Gasteiger partial charge in [-0.15, -0.1) is 0 Å². The maximum atomic E-state index is 13.3. The molecule has 0 aliphatic carbocycles. The Hall–Kier alpha value is -5.36. The number of carbonyl (C=O) groups excluding carboxylic acids is 4. The summed E-state index contributed by atoms with van der Waals surface area (Å²) in [6.45, 7) is -0.592. The van der Waals surface area contributed by atoms with Crippen molar-refractivity contribution in [2.75, 3.05) is 13.7 Å². The van der Waals surface area contributed by atoms with Crippen LogP contribution in [0.4, 0.5) is 0 Å². The van der Waals surface area contributed by atoms with E-state index in [-0.39, 0.29) is 22.3 Å². The highest BCUT2D eigenvalue weighted by Crippen LogP contribution is 2.37. The summed E-state index contributed by atoms with van der Waals surface area (Å²) in [5.41, 5.74) is 0.576. The lowest BCUT2D eigenvalue weighted by molar-refractivity contribution is -0.383. The van der Waals surface area contributed by atoms with Gasteiger partial charge in [0.1, 0.15) is 12.7 Å². The minimum absolute atomic E-state index is 0.103. The lowest BCUT2D eigenvalue weighted by Gasteiger charge is -2.48. The van der Waals surface area contributed by atoms with E-state index >= 15 is 0 Å². The second-order valence-corrected chi connectivity index (χ2v) is 10.1. The fourth-order valence-corrected chi connectivity index (χ4v) is 4.77. The largest absolute Gasteiger partial charge is 0.459 e. The predicted octanol–water partition coefficient (Wildman–Crippen LogP) is 4.21. The average molecular weight is 627 g/mol. The van der Waals surface area contributed by atoms with E-state index in [0.29, 0.717) is 0 Å². The fraction of sp³-hybridized carbons (Fsp3) is 0.200. The number of rotatable bonds is 10. The Bertz CT molecular complexity index is 1630. The van der Waals surface area contributed by atoms with E-state index in [1.807, 2.05) is 0 Å². The van der Waals surface area contributed by atoms with E-state index in [9.17, 15) is 24.3 Å². The first-order chi connectivity index (χ1) is 22.3. The number of ether oxygens (including phenoxy) is 6. The molecule has 1 fully saturated rings. The van der Waals surface area contributed by atoms with Crippen LogP contribution in [0.5, 0.6) is 0 Å². The van der Waals surface area contributed by atoms with Crippen LogP contribution in [-0.2, 0) is 28.4 Å². The molecular weight excluding hydrogens is 596 g/mol. The molecule has 1 heterocycles. The van der Waals surface area contributed by atoms with E-state index in [4.69, 9.17) is 28.4 Å². The van der Waals surface area contributed by atoms with Crippen molar-refractivity contribution in [1.29, 1.82) is 0 Å². The first-order valence-electron chi connectivity index (χ1n) is 14.2. The molecule has 0 spiro atoms. The Morgan fingerprint density at radius 3 is 1.37 bits per heavy atom. The minimum Gasteiger partial charge on any atom is -0.459 e. The van der Waals surface area contributed by atoms with E-state index < -0.39 is 60.9 Å². The molecule has 46 heavy (non-hydrogen) atoms. The molecule has 236 valence electrons. The molecule has 0 amide bonds. The van der Waals surface area contributed by atoms with Gasteiger partial charge in [0.2, 0.25) is 12.4 Å². The lowest BCUT2D eigenvalue weighted by atomic mass is 9.93. The topological polar surface area (TPSA) is 144 Å². The highest BCUT2D eigenvalue weighted by atomic mass is 16.8. The van der Waals surface area contributed by atoms with Crippen LogP contribution in [0.1, 0.15) is 41.4 Å². The highest BCUT2D eigenvalue weighted by Gasteiger charge is 2.63. The van der Waals surface area contributed by atoms with Gasteiger partial charge in [-0.05, 0) is 48.5 Å². The summed E-state index contributed by atoms with van der Waals surface area (Å²) in [5.74, 6) is -6.12. The van der Waals surface area contributed by atoms with Crippen molar-refractivity contribution in [3.05, 3.63) is 144 Å². The number of esters is 4. The molecule has 5 rings (SSSR count).